The van der Waals surface area contributed by atoms with Gasteiger partial charge in [0.25, 0.3) is 10.0 Å². The number of benzene rings is 1. The van der Waals surface area contributed by atoms with E-state index in [-0.39, 0.29) is 17.0 Å². The van der Waals surface area contributed by atoms with Crippen molar-refractivity contribution in [2.75, 3.05) is 0 Å². The summed E-state index contributed by atoms with van der Waals surface area (Å²) in [5.41, 5.74) is 0.800. The first-order valence-electron chi connectivity index (χ1n) is 7.93. The number of nitrogens with zero attached hydrogens (tertiary/aromatic N) is 1. The van der Waals surface area contributed by atoms with Crippen LogP contribution in [-0.2, 0) is 10.0 Å². The third-order valence-corrected chi connectivity index (χ3v) is 4.52. The van der Waals surface area contributed by atoms with Crippen molar-refractivity contribution in [2.45, 2.75) is 43.9 Å². The second-order valence-corrected chi connectivity index (χ2v) is 6.78. The standard InChI is InChI=1S/C14H18F2N2O2S/c1-10-3-5-12(6-4-10)21(19,20)18-17-13-7-8-14(15,16)9-11(13)2/h3-6,11,18H,7-9H2,1-2H3/b17-13-/i2D3. The molecule has 1 N–H and O–H groups in total. The normalized spacial score (nSPS) is 26.7. The molecule has 4 nitrogen and oxygen atoms in total. The SMILES string of the molecule is [2H]C([2H])([2H])C1CC(F)(F)CC/C1=N/NS(=O)(=O)c1ccc(C)cc1. The van der Waals surface area contributed by atoms with Crippen molar-refractivity contribution in [1.29, 1.82) is 0 Å². The molecule has 1 fully saturated rings. The largest absolute Gasteiger partial charge is 0.276 e. The molecule has 1 aromatic rings. The molecule has 0 aromatic heterocycles. The second-order valence-electron chi connectivity index (χ2n) is 5.12. The molecule has 1 saturated carbocycles. The van der Waals surface area contributed by atoms with Crippen molar-refractivity contribution in [2.24, 2.45) is 11.0 Å². The predicted molar refractivity (Wildman–Crippen MR) is 76.9 cm³/mol. The van der Waals surface area contributed by atoms with Crippen molar-refractivity contribution < 1.29 is 21.3 Å². The van der Waals surface area contributed by atoms with Gasteiger partial charge in [-0.15, -0.1) is 0 Å². The first-order chi connectivity index (χ1) is 10.9. The van der Waals surface area contributed by atoms with Crippen LogP contribution >= 0.6 is 0 Å². The van der Waals surface area contributed by atoms with Crippen LogP contribution in [-0.4, -0.2) is 20.1 Å². The average Bonchev–Trinajstić information content (AvgIpc) is 2.45. The molecule has 1 aliphatic carbocycles. The fourth-order valence-electron chi connectivity index (χ4n) is 2.03. The third kappa shape index (κ3) is 4.00. The maximum Gasteiger partial charge on any atom is 0.276 e. The summed E-state index contributed by atoms with van der Waals surface area (Å²) >= 11 is 0. The van der Waals surface area contributed by atoms with E-state index >= 15 is 0 Å². The Balaban J connectivity index is 2.24. The number of sulfonamides is 1. The van der Waals surface area contributed by atoms with Crippen LogP contribution in [0.4, 0.5) is 8.78 Å². The maximum atomic E-state index is 13.5. The van der Waals surface area contributed by atoms with Gasteiger partial charge in [0.15, 0.2) is 0 Å². The molecule has 0 bridgehead atoms. The lowest BCUT2D eigenvalue weighted by Gasteiger charge is -2.27. The van der Waals surface area contributed by atoms with E-state index in [1.165, 1.54) is 12.1 Å². The molecule has 1 aliphatic rings. The van der Waals surface area contributed by atoms with Crippen molar-refractivity contribution in [3.63, 3.8) is 0 Å². The van der Waals surface area contributed by atoms with Crippen LogP contribution in [0.3, 0.4) is 0 Å². The molecule has 0 spiro atoms. The second kappa shape index (κ2) is 5.71. The quantitative estimate of drug-likeness (QED) is 0.870. The topological polar surface area (TPSA) is 58.5 Å². The summed E-state index contributed by atoms with van der Waals surface area (Å²) in [4.78, 5) is 1.92. The summed E-state index contributed by atoms with van der Waals surface area (Å²) in [7, 11) is -3.98. The third-order valence-electron chi connectivity index (χ3n) is 3.29. The summed E-state index contributed by atoms with van der Waals surface area (Å²) in [5.74, 6) is -4.56. The Morgan fingerprint density at radius 2 is 2.05 bits per heavy atom. The Morgan fingerprint density at radius 1 is 1.38 bits per heavy atom. The molecule has 1 aromatic carbocycles. The van der Waals surface area contributed by atoms with Crippen molar-refractivity contribution in [3.8, 4) is 0 Å². The molecular formula is C14H18F2N2O2S. The van der Waals surface area contributed by atoms with Crippen LogP contribution in [0.5, 0.6) is 0 Å². The number of halogens is 2. The van der Waals surface area contributed by atoms with Gasteiger partial charge in [0, 0.05) is 28.6 Å². The lowest BCUT2D eigenvalue weighted by Crippen LogP contribution is -2.33. The van der Waals surface area contributed by atoms with Gasteiger partial charge < -0.3 is 0 Å². The van der Waals surface area contributed by atoms with E-state index in [1.807, 2.05) is 4.83 Å². The lowest BCUT2D eigenvalue weighted by atomic mass is 9.86. The molecule has 1 atom stereocenters. The van der Waals surface area contributed by atoms with Gasteiger partial charge in [0.1, 0.15) is 0 Å². The van der Waals surface area contributed by atoms with Gasteiger partial charge in [-0.05, 0) is 25.5 Å². The minimum atomic E-state index is -3.98. The molecule has 0 amide bonds. The monoisotopic (exact) mass is 319 g/mol. The van der Waals surface area contributed by atoms with Gasteiger partial charge in [0.2, 0.25) is 5.92 Å². The first-order valence-corrected chi connectivity index (χ1v) is 7.92. The molecule has 21 heavy (non-hydrogen) atoms. The number of nitrogens with one attached hydrogen (secondary N) is 1. The highest BCUT2D eigenvalue weighted by molar-refractivity contribution is 7.89. The van der Waals surface area contributed by atoms with Crippen LogP contribution in [0.25, 0.3) is 0 Å². The van der Waals surface area contributed by atoms with Crippen molar-refractivity contribution >= 4 is 15.7 Å². The van der Waals surface area contributed by atoms with Crippen LogP contribution in [0.1, 0.15) is 35.8 Å². The zero-order chi connectivity index (χ0) is 18.2. The highest BCUT2D eigenvalue weighted by atomic mass is 32.2. The van der Waals surface area contributed by atoms with Gasteiger partial charge in [-0.3, -0.25) is 0 Å². The number of hydrogen-bond donors (Lipinski definition) is 1. The van der Waals surface area contributed by atoms with Gasteiger partial charge in [-0.2, -0.15) is 13.5 Å². The van der Waals surface area contributed by atoms with E-state index in [0.717, 1.165) is 5.56 Å². The van der Waals surface area contributed by atoms with E-state index in [1.54, 1.807) is 19.1 Å². The highest BCUT2D eigenvalue weighted by Crippen LogP contribution is 2.35. The predicted octanol–water partition coefficient (Wildman–Crippen LogP) is 3.08. The Kier molecular flexibility index (Phi) is 3.29. The van der Waals surface area contributed by atoms with Gasteiger partial charge in [-0.25, -0.2) is 13.6 Å². The molecule has 0 radical (unpaired) electrons. The van der Waals surface area contributed by atoms with Crippen LogP contribution in [0.2, 0.25) is 0 Å². The summed E-state index contributed by atoms with van der Waals surface area (Å²) in [6, 6.07) is 5.98. The van der Waals surface area contributed by atoms with Gasteiger partial charge >= 0.3 is 0 Å². The fraction of sp³-hybridized carbons (Fsp3) is 0.500. The highest BCUT2D eigenvalue weighted by Gasteiger charge is 2.37. The van der Waals surface area contributed by atoms with Crippen molar-refractivity contribution in [1.82, 2.24) is 4.83 Å². The Bertz CT molecular complexity index is 731. The van der Waals surface area contributed by atoms with Crippen LogP contribution in [0.15, 0.2) is 34.3 Å². The van der Waals surface area contributed by atoms with Crippen molar-refractivity contribution in [3.05, 3.63) is 29.8 Å². The number of hydrazone groups is 1. The fourth-order valence-corrected chi connectivity index (χ4v) is 2.86. The summed E-state index contributed by atoms with van der Waals surface area (Å²) in [6.07, 6.45) is -1.69. The lowest BCUT2D eigenvalue weighted by molar-refractivity contribution is -0.0283. The molecular weight excluding hydrogens is 298 g/mol. The van der Waals surface area contributed by atoms with Gasteiger partial charge in [0.05, 0.1) is 4.90 Å². The molecule has 7 heteroatoms. The van der Waals surface area contributed by atoms with E-state index in [2.05, 4.69) is 5.10 Å². The van der Waals surface area contributed by atoms with E-state index in [0.29, 0.717) is 0 Å². The van der Waals surface area contributed by atoms with Crippen LogP contribution < -0.4 is 4.83 Å². The molecule has 0 aliphatic heterocycles. The summed E-state index contributed by atoms with van der Waals surface area (Å²) < 4.78 is 73.5. The van der Waals surface area contributed by atoms with Crippen LogP contribution in [0, 0.1) is 12.8 Å². The molecule has 2 rings (SSSR count). The molecule has 0 heterocycles. The number of hydrogen-bond acceptors (Lipinski definition) is 3. The Labute approximate surface area is 127 Å². The number of aryl methyl sites for hydroxylation is 1. The first kappa shape index (κ1) is 12.1. The average molecular weight is 319 g/mol. The molecule has 1 unspecified atom stereocenters. The van der Waals surface area contributed by atoms with E-state index in [9.17, 15) is 17.2 Å². The van der Waals surface area contributed by atoms with E-state index < -0.39 is 41.6 Å². The summed E-state index contributed by atoms with van der Waals surface area (Å²) in [6.45, 7) is -0.870. The summed E-state index contributed by atoms with van der Waals surface area (Å²) in [5, 5.41) is 3.65. The maximum absolute atomic E-state index is 13.5. The Morgan fingerprint density at radius 3 is 2.67 bits per heavy atom. The Hall–Kier alpha value is -1.50. The number of alkyl halides is 2. The smallest absolute Gasteiger partial charge is 0.207 e. The number of rotatable bonds is 3. The van der Waals surface area contributed by atoms with E-state index in [4.69, 9.17) is 4.11 Å². The molecule has 116 valence electrons. The molecule has 0 saturated heterocycles. The zero-order valence-electron chi connectivity index (χ0n) is 14.4. The zero-order valence-corrected chi connectivity index (χ0v) is 12.3. The van der Waals surface area contributed by atoms with Gasteiger partial charge in [-0.1, -0.05) is 24.5 Å². The minimum absolute atomic E-state index is 0.0379. The minimum Gasteiger partial charge on any atom is -0.207 e.